The molecule has 0 aliphatic heterocycles. The number of hydrogen-bond donors (Lipinski definition) is 0. The van der Waals surface area contributed by atoms with Gasteiger partial charge in [-0.1, -0.05) is 103 Å². The van der Waals surface area contributed by atoms with Crippen LogP contribution < -0.4 is 0 Å². The summed E-state index contributed by atoms with van der Waals surface area (Å²) < 4.78 is 0. The fraction of sp³-hybridized carbons (Fsp3) is 0.682. The van der Waals surface area contributed by atoms with Gasteiger partial charge < -0.3 is 0 Å². The van der Waals surface area contributed by atoms with Crippen LogP contribution in [0.2, 0.25) is 0 Å². The highest BCUT2D eigenvalue weighted by atomic mass is 14.1. The second-order valence-electron chi connectivity index (χ2n) is 6.86. The molecule has 0 aliphatic rings. The van der Waals surface area contributed by atoms with Crippen molar-refractivity contribution in [3.8, 4) is 0 Å². The van der Waals surface area contributed by atoms with Crippen LogP contribution in [0.3, 0.4) is 0 Å². The van der Waals surface area contributed by atoms with Gasteiger partial charge in [0, 0.05) is 0 Å². The average molecular weight is 302 g/mol. The van der Waals surface area contributed by atoms with Crippen LogP contribution >= 0.6 is 0 Å². The lowest BCUT2D eigenvalue weighted by Gasteiger charge is -2.12. The van der Waals surface area contributed by atoms with Crippen LogP contribution in [0.15, 0.2) is 24.3 Å². The van der Waals surface area contributed by atoms with Gasteiger partial charge in [-0.3, -0.25) is 0 Å². The van der Waals surface area contributed by atoms with Gasteiger partial charge in [0.15, 0.2) is 0 Å². The maximum Gasteiger partial charge on any atom is -0.0190 e. The second-order valence-corrected chi connectivity index (χ2v) is 6.86. The number of unbranched alkanes of at least 4 members (excludes halogenated alkanes) is 8. The van der Waals surface area contributed by atoms with Crippen molar-refractivity contribution in [3.05, 3.63) is 42.3 Å². The molecule has 1 aromatic carbocycles. The minimum Gasteiger partial charge on any atom is -0.0654 e. The van der Waals surface area contributed by atoms with Gasteiger partial charge in [-0.15, -0.1) is 0 Å². The molecule has 0 heteroatoms. The highest BCUT2D eigenvalue weighted by Gasteiger charge is 2.05. The van der Waals surface area contributed by atoms with Crippen molar-refractivity contribution in [1.82, 2.24) is 0 Å². The van der Waals surface area contributed by atoms with E-state index in [1.54, 1.807) is 0 Å². The summed E-state index contributed by atoms with van der Waals surface area (Å²) in [6, 6.07) is 9.43. The Bertz CT molecular complexity index is 349. The highest BCUT2D eigenvalue weighted by Crippen LogP contribution is 2.23. The van der Waals surface area contributed by atoms with Crippen molar-refractivity contribution in [1.29, 1.82) is 0 Å². The minimum absolute atomic E-state index is 0.702. The zero-order chi connectivity index (χ0) is 16.0. The van der Waals surface area contributed by atoms with Crippen LogP contribution in [-0.2, 0) is 6.42 Å². The Kier molecular flexibility index (Phi) is 11.2. The van der Waals surface area contributed by atoms with E-state index < -0.39 is 0 Å². The van der Waals surface area contributed by atoms with Crippen LogP contribution in [0.1, 0.15) is 102 Å². The Hall–Kier alpha value is -0.780. The van der Waals surface area contributed by atoms with E-state index in [2.05, 4.69) is 45.0 Å². The van der Waals surface area contributed by atoms with E-state index in [1.807, 2.05) is 0 Å². The fourth-order valence-electron chi connectivity index (χ4n) is 3.09. The van der Waals surface area contributed by atoms with Crippen molar-refractivity contribution in [3.63, 3.8) is 0 Å². The Balaban J connectivity index is 2.21. The molecule has 0 aromatic heterocycles. The van der Waals surface area contributed by atoms with Crippen molar-refractivity contribution < 1.29 is 0 Å². The monoisotopic (exact) mass is 301 g/mol. The molecule has 22 heavy (non-hydrogen) atoms. The summed E-state index contributed by atoms with van der Waals surface area (Å²) >= 11 is 0. The number of hydrogen-bond acceptors (Lipinski definition) is 0. The lowest BCUT2D eigenvalue weighted by molar-refractivity contribution is 0.586. The van der Waals surface area contributed by atoms with E-state index in [1.165, 1.54) is 81.8 Å². The molecule has 0 saturated heterocycles. The van der Waals surface area contributed by atoms with Gasteiger partial charge in [0.1, 0.15) is 0 Å². The zero-order valence-electron chi connectivity index (χ0n) is 15.1. The third-order valence-corrected chi connectivity index (χ3v) is 4.75. The van der Waals surface area contributed by atoms with Gasteiger partial charge in [0.2, 0.25) is 0 Å². The first-order valence-corrected chi connectivity index (χ1v) is 9.66. The molecule has 0 spiro atoms. The summed E-state index contributed by atoms with van der Waals surface area (Å²) in [7, 11) is 0. The smallest absolute Gasteiger partial charge is 0.0190 e. The highest BCUT2D eigenvalue weighted by molar-refractivity contribution is 5.25. The summed E-state index contributed by atoms with van der Waals surface area (Å²) in [5.41, 5.74) is 3.03. The summed E-state index contributed by atoms with van der Waals surface area (Å²) in [5, 5.41) is 0. The molecule has 0 bridgehead atoms. The maximum atomic E-state index is 3.92. The van der Waals surface area contributed by atoms with E-state index in [0.29, 0.717) is 5.92 Å². The van der Waals surface area contributed by atoms with Crippen LogP contribution in [0, 0.1) is 6.92 Å². The number of rotatable bonds is 13. The lowest BCUT2D eigenvalue weighted by atomic mass is 9.93. The molecule has 0 heterocycles. The molecular weight excluding hydrogens is 264 g/mol. The standard InChI is InChI=1S/C22H37/c1-4-6-8-10-11-13-15-21-16-18-22(19-17-21)20(3)14-12-9-7-5-2/h16-20H,2,4-15H2,1,3H3. The molecule has 0 saturated carbocycles. The second kappa shape index (κ2) is 12.7. The molecule has 125 valence electrons. The fourth-order valence-corrected chi connectivity index (χ4v) is 3.09. The van der Waals surface area contributed by atoms with Gasteiger partial charge in [-0.05, 0) is 36.3 Å². The first-order chi connectivity index (χ1) is 10.8. The molecule has 0 amide bonds. The molecule has 1 aromatic rings. The minimum atomic E-state index is 0.702. The van der Waals surface area contributed by atoms with Crippen LogP contribution in [0.25, 0.3) is 0 Å². The van der Waals surface area contributed by atoms with Gasteiger partial charge in [0.25, 0.3) is 0 Å². The van der Waals surface area contributed by atoms with Gasteiger partial charge in [-0.2, -0.15) is 0 Å². The Morgan fingerprint density at radius 3 is 2.14 bits per heavy atom. The van der Waals surface area contributed by atoms with Crippen molar-refractivity contribution in [2.24, 2.45) is 0 Å². The molecule has 1 radical (unpaired) electrons. The van der Waals surface area contributed by atoms with Crippen LogP contribution in [0.5, 0.6) is 0 Å². The Labute approximate surface area is 139 Å². The van der Waals surface area contributed by atoms with Gasteiger partial charge >= 0.3 is 0 Å². The quantitative estimate of drug-likeness (QED) is 0.331. The van der Waals surface area contributed by atoms with Crippen LogP contribution in [0.4, 0.5) is 0 Å². The normalized spacial score (nSPS) is 12.5. The van der Waals surface area contributed by atoms with Gasteiger partial charge in [-0.25, -0.2) is 0 Å². The first-order valence-electron chi connectivity index (χ1n) is 9.66. The molecule has 1 rings (SSSR count). The third-order valence-electron chi connectivity index (χ3n) is 4.75. The van der Waals surface area contributed by atoms with E-state index in [4.69, 9.17) is 0 Å². The third kappa shape index (κ3) is 8.61. The summed E-state index contributed by atoms with van der Waals surface area (Å²) in [6.45, 7) is 8.56. The lowest BCUT2D eigenvalue weighted by Crippen LogP contribution is -1.95. The van der Waals surface area contributed by atoms with E-state index in [-0.39, 0.29) is 0 Å². The van der Waals surface area contributed by atoms with Crippen molar-refractivity contribution in [2.75, 3.05) is 0 Å². The average Bonchev–Trinajstić information content (AvgIpc) is 2.55. The SMILES string of the molecule is [CH2]CCCCCC(C)c1ccc(CCCCCCCC)cc1. The predicted molar refractivity (Wildman–Crippen MR) is 100 cm³/mol. The summed E-state index contributed by atoms with van der Waals surface area (Å²) in [5.74, 6) is 0.702. The molecule has 0 N–H and O–H groups in total. The van der Waals surface area contributed by atoms with Gasteiger partial charge in [0.05, 0.1) is 0 Å². The topological polar surface area (TPSA) is 0 Å². The molecular formula is C22H37. The summed E-state index contributed by atoms with van der Waals surface area (Å²) in [4.78, 5) is 0. The molecule has 1 atom stereocenters. The zero-order valence-corrected chi connectivity index (χ0v) is 15.1. The summed E-state index contributed by atoms with van der Waals surface area (Å²) in [6.07, 6.45) is 15.9. The predicted octanol–water partition coefficient (Wildman–Crippen LogP) is 7.48. The first kappa shape index (κ1) is 19.3. The van der Waals surface area contributed by atoms with E-state index >= 15 is 0 Å². The maximum absolute atomic E-state index is 3.92. The number of benzene rings is 1. The van der Waals surface area contributed by atoms with E-state index in [9.17, 15) is 0 Å². The van der Waals surface area contributed by atoms with Crippen LogP contribution in [-0.4, -0.2) is 0 Å². The molecule has 0 aliphatic carbocycles. The van der Waals surface area contributed by atoms with Crippen molar-refractivity contribution in [2.45, 2.75) is 96.8 Å². The Morgan fingerprint density at radius 1 is 0.818 bits per heavy atom. The number of aryl methyl sites for hydroxylation is 1. The van der Waals surface area contributed by atoms with E-state index in [0.717, 1.165) is 6.42 Å². The molecule has 0 fully saturated rings. The molecule has 1 unspecified atom stereocenters. The molecule has 0 nitrogen and oxygen atoms in total. The van der Waals surface area contributed by atoms with Crippen molar-refractivity contribution >= 4 is 0 Å². The Morgan fingerprint density at radius 2 is 1.45 bits per heavy atom. The largest absolute Gasteiger partial charge is 0.0654 e.